The molecule has 0 fully saturated rings. The van der Waals surface area contributed by atoms with Crippen LogP contribution in [-0.4, -0.2) is 24.7 Å². The largest absolute Gasteiger partial charge is 0.329 e. The average Bonchev–Trinajstić information content (AvgIpc) is 2.24. The monoisotopic (exact) mass is 223 g/mol. The minimum absolute atomic E-state index is 0.157. The Morgan fingerprint density at radius 3 is 2.06 bits per heavy atom. The molecule has 3 nitrogen and oxygen atoms in total. The maximum atomic E-state index is 6.40. The number of hydrogen-bond acceptors (Lipinski definition) is 3. The molecule has 0 aliphatic heterocycles. The van der Waals surface area contributed by atoms with Gasteiger partial charge in [-0.2, -0.15) is 0 Å². The highest BCUT2D eigenvalue weighted by Gasteiger charge is 2.31. The lowest BCUT2D eigenvalue weighted by Gasteiger charge is -2.36. The molecule has 0 aromatic heterocycles. The molecule has 0 saturated carbocycles. The summed E-state index contributed by atoms with van der Waals surface area (Å²) in [6.07, 6.45) is 7.89. The molecular formula is C13H25N3. The van der Waals surface area contributed by atoms with E-state index in [0.29, 0.717) is 6.54 Å². The maximum absolute atomic E-state index is 6.40. The van der Waals surface area contributed by atoms with Gasteiger partial charge in [0.25, 0.3) is 0 Å². The Kier molecular flexibility index (Phi) is 7.81. The van der Waals surface area contributed by atoms with Crippen LogP contribution in [0.15, 0.2) is 38.0 Å². The standard InChI is InChI=1S/C13H25N3/c1-4-7-12(16-11-10-14)13(15,8-5-2)9-6-3/h4-6,12,16H,1-3,7-11,14-15H2. The van der Waals surface area contributed by atoms with Crippen LogP contribution in [0.5, 0.6) is 0 Å². The SMILES string of the molecule is C=CCC(NCCN)C(N)(CC=C)CC=C. The first kappa shape index (κ1) is 15.1. The molecule has 16 heavy (non-hydrogen) atoms. The van der Waals surface area contributed by atoms with Gasteiger partial charge in [0.1, 0.15) is 0 Å². The van der Waals surface area contributed by atoms with E-state index in [1.807, 2.05) is 18.2 Å². The van der Waals surface area contributed by atoms with Crippen molar-refractivity contribution in [1.82, 2.24) is 5.32 Å². The minimum Gasteiger partial charge on any atom is -0.329 e. The zero-order chi connectivity index (χ0) is 12.4. The molecule has 0 aromatic carbocycles. The summed E-state index contributed by atoms with van der Waals surface area (Å²) in [4.78, 5) is 0. The predicted octanol–water partition coefficient (Wildman–Crippen LogP) is 1.33. The first-order chi connectivity index (χ1) is 7.64. The summed E-state index contributed by atoms with van der Waals surface area (Å²) in [5.41, 5.74) is 11.5. The number of rotatable bonds is 10. The van der Waals surface area contributed by atoms with Crippen molar-refractivity contribution in [3.63, 3.8) is 0 Å². The Morgan fingerprint density at radius 1 is 1.12 bits per heavy atom. The van der Waals surface area contributed by atoms with Gasteiger partial charge in [-0.15, -0.1) is 19.7 Å². The van der Waals surface area contributed by atoms with Gasteiger partial charge in [0.05, 0.1) is 0 Å². The topological polar surface area (TPSA) is 64.1 Å². The molecule has 1 atom stereocenters. The fourth-order valence-corrected chi connectivity index (χ4v) is 1.85. The van der Waals surface area contributed by atoms with E-state index in [1.54, 1.807) is 0 Å². The highest BCUT2D eigenvalue weighted by Crippen LogP contribution is 2.21. The summed E-state index contributed by atoms with van der Waals surface area (Å²) in [5, 5.41) is 3.36. The second-order valence-corrected chi connectivity index (χ2v) is 4.04. The Morgan fingerprint density at radius 2 is 1.69 bits per heavy atom. The van der Waals surface area contributed by atoms with E-state index in [0.717, 1.165) is 25.8 Å². The van der Waals surface area contributed by atoms with Gasteiger partial charge >= 0.3 is 0 Å². The molecule has 0 amide bonds. The van der Waals surface area contributed by atoms with Crippen LogP contribution in [0.1, 0.15) is 19.3 Å². The Balaban J connectivity index is 4.67. The summed E-state index contributed by atoms with van der Waals surface area (Å²) in [6.45, 7) is 12.6. The van der Waals surface area contributed by atoms with Crippen molar-refractivity contribution in [2.24, 2.45) is 11.5 Å². The first-order valence-electron chi connectivity index (χ1n) is 5.69. The molecule has 1 unspecified atom stereocenters. The molecule has 3 heteroatoms. The lowest BCUT2D eigenvalue weighted by molar-refractivity contribution is 0.300. The first-order valence-corrected chi connectivity index (χ1v) is 5.69. The molecule has 0 aliphatic carbocycles. The van der Waals surface area contributed by atoms with Crippen molar-refractivity contribution in [3.8, 4) is 0 Å². The zero-order valence-corrected chi connectivity index (χ0v) is 10.1. The van der Waals surface area contributed by atoms with E-state index in [9.17, 15) is 0 Å². The molecule has 5 N–H and O–H groups in total. The van der Waals surface area contributed by atoms with E-state index in [-0.39, 0.29) is 11.6 Å². The van der Waals surface area contributed by atoms with E-state index in [1.165, 1.54) is 0 Å². The third kappa shape index (κ3) is 4.75. The second-order valence-electron chi connectivity index (χ2n) is 4.04. The zero-order valence-electron chi connectivity index (χ0n) is 10.1. The van der Waals surface area contributed by atoms with Crippen molar-refractivity contribution in [3.05, 3.63) is 38.0 Å². The van der Waals surface area contributed by atoms with Crippen LogP contribution in [0.25, 0.3) is 0 Å². The van der Waals surface area contributed by atoms with Crippen molar-refractivity contribution in [2.45, 2.75) is 30.8 Å². The van der Waals surface area contributed by atoms with Crippen LogP contribution in [0, 0.1) is 0 Å². The van der Waals surface area contributed by atoms with Crippen LogP contribution in [-0.2, 0) is 0 Å². The van der Waals surface area contributed by atoms with E-state index >= 15 is 0 Å². The number of hydrogen-bond donors (Lipinski definition) is 3. The molecule has 0 aliphatic rings. The lowest BCUT2D eigenvalue weighted by atomic mass is 9.82. The predicted molar refractivity (Wildman–Crippen MR) is 72.2 cm³/mol. The highest BCUT2D eigenvalue weighted by atomic mass is 15.0. The van der Waals surface area contributed by atoms with Gasteiger partial charge in [0.15, 0.2) is 0 Å². The molecule has 0 spiro atoms. The Labute approximate surface area is 99.3 Å². The maximum Gasteiger partial charge on any atom is 0.0382 e. The van der Waals surface area contributed by atoms with Crippen molar-refractivity contribution >= 4 is 0 Å². The summed E-state index contributed by atoms with van der Waals surface area (Å²) < 4.78 is 0. The number of nitrogens with two attached hydrogens (primary N) is 2. The van der Waals surface area contributed by atoms with Gasteiger partial charge in [0.2, 0.25) is 0 Å². The highest BCUT2D eigenvalue weighted by molar-refractivity contribution is 5.05. The quantitative estimate of drug-likeness (QED) is 0.490. The van der Waals surface area contributed by atoms with E-state index in [2.05, 4.69) is 25.1 Å². The molecule has 0 aromatic rings. The van der Waals surface area contributed by atoms with Gasteiger partial charge in [-0.3, -0.25) is 0 Å². The Bertz CT molecular complexity index is 213. The molecule has 0 radical (unpaired) electrons. The van der Waals surface area contributed by atoms with Gasteiger partial charge in [-0.25, -0.2) is 0 Å². The fourth-order valence-electron chi connectivity index (χ4n) is 1.85. The summed E-state index contributed by atoms with van der Waals surface area (Å²) in [7, 11) is 0. The number of nitrogens with one attached hydrogen (secondary N) is 1. The van der Waals surface area contributed by atoms with Crippen LogP contribution in [0.4, 0.5) is 0 Å². The lowest BCUT2D eigenvalue weighted by Crippen LogP contribution is -2.57. The average molecular weight is 223 g/mol. The normalized spacial score (nSPS) is 13.1. The van der Waals surface area contributed by atoms with E-state index < -0.39 is 0 Å². The molecule has 92 valence electrons. The van der Waals surface area contributed by atoms with Crippen LogP contribution >= 0.6 is 0 Å². The minimum atomic E-state index is -0.354. The molecule has 0 heterocycles. The smallest absolute Gasteiger partial charge is 0.0382 e. The third-order valence-electron chi connectivity index (χ3n) is 2.68. The summed E-state index contributed by atoms with van der Waals surface area (Å²) >= 11 is 0. The fraction of sp³-hybridized carbons (Fsp3) is 0.538. The molecule has 0 rings (SSSR count). The summed E-state index contributed by atoms with van der Waals surface area (Å²) in [6, 6.07) is 0.157. The molecular weight excluding hydrogens is 198 g/mol. The van der Waals surface area contributed by atoms with Crippen molar-refractivity contribution in [1.29, 1.82) is 0 Å². The van der Waals surface area contributed by atoms with Gasteiger partial charge in [-0.1, -0.05) is 18.2 Å². The Hall–Kier alpha value is -0.900. The third-order valence-corrected chi connectivity index (χ3v) is 2.68. The van der Waals surface area contributed by atoms with Gasteiger partial charge in [-0.05, 0) is 19.3 Å². The molecule has 0 bridgehead atoms. The van der Waals surface area contributed by atoms with Crippen molar-refractivity contribution in [2.75, 3.05) is 13.1 Å². The van der Waals surface area contributed by atoms with Crippen LogP contribution < -0.4 is 16.8 Å². The van der Waals surface area contributed by atoms with Gasteiger partial charge < -0.3 is 16.8 Å². The van der Waals surface area contributed by atoms with Crippen LogP contribution in [0.3, 0.4) is 0 Å². The molecule has 0 saturated heterocycles. The van der Waals surface area contributed by atoms with Crippen LogP contribution in [0.2, 0.25) is 0 Å². The van der Waals surface area contributed by atoms with Crippen molar-refractivity contribution < 1.29 is 0 Å². The van der Waals surface area contributed by atoms with E-state index in [4.69, 9.17) is 11.5 Å². The van der Waals surface area contributed by atoms with Gasteiger partial charge in [0, 0.05) is 24.7 Å². The second kappa shape index (κ2) is 8.28. The summed E-state index contributed by atoms with van der Waals surface area (Å²) in [5.74, 6) is 0.